The molecule has 3 aromatic rings. The number of pyridine rings is 1. The highest BCUT2D eigenvalue weighted by atomic mass is 32.2. The number of amides is 1. The summed E-state index contributed by atoms with van der Waals surface area (Å²) in [5.74, 6) is 0.624. The minimum Gasteiger partial charge on any atom is -0.477 e. The van der Waals surface area contributed by atoms with Crippen molar-refractivity contribution in [3.63, 3.8) is 0 Å². The first-order valence-electron chi connectivity index (χ1n) is 13.9. The summed E-state index contributed by atoms with van der Waals surface area (Å²) >= 11 is 0. The number of aromatic nitrogens is 3. The van der Waals surface area contributed by atoms with Crippen LogP contribution in [0.25, 0.3) is 5.82 Å². The zero-order chi connectivity index (χ0) is 30.5. The molecule has 0 bridgehead atoms. The van der Waals surface area contributed by atoms with E-state index in [0.717, 1.165) is 6.42 Å². The van der Waals surface area contributed by atoms with Gasteiger partial charge in [-0.3, -0.25) is 4.79 Å². The summed E-state index contributed by atoms with van der Waals surface area (Å²) in [6.45, 7) is 7.16. The number of hydrogen-bond acceptors (Lipinski definition) is 7. The van der Waals surface area contributed by atoms with Crippen molar-refractivity contribution in [2.24, 2.45) is 5.92 Å². The van der Waals surface area contributed by atoms with E-state index in [4.69, 9.17) is 9.72 Å². The number of carbonyl (C=O) groups is 1. The lowest BCUT2D eigenvalue weighted by Gasteiger charge is -2.34. The molecule has 1 fully saturated rings. The summed E-state index contributed by atoms with van der Waals surface area (Å²) in [6.07, 6.45) is -0.584. The smallest absolute Gasteiger partial charge is 0.389 e. The average Bonchev–Trinajstić information content (AvgIpc) is 3.50. The Morgan fingerprint density at radius 3 is 2.45 bits per heavy atom. The van der Waals surface area contributed by atoms with Gasteiger partial charge in [-0.05, 0) is 63.3 Å². The topological polar surface area (TPSA) is 106 Å². The molecule has 0 radical (unpaired) electrons. The van der Waals surface area contributed by atoms with E-state index in [-0.39, 0.29) is 22.4 Å². The van der Waals surface area contributed by atoms with Crippen LogP contribution in [0.4, 0.5) is 19.0 Å². The maximum atomic E-state index is 13.4. The molecule has 1 aromatic carbocycles. The van der Waals surface area contributed by atoms with Gasteiger partial charge in [0.05, 0.1) is 17.1 Å². The van der Waals surface area contributed by atoms with Crippen molar-refractivity contribution < 1.29 is 31.1 Å². The monoisotopic (exact) mass is 607 g/mol. The van der Waals surface area contributed by atoms with E-state index in [1.54, 1.807) is 36.5 Å². The Labute approximate surface area is 244 Å². The molecule has 1 atom stereocenters. The van der Waals surface area contributed by atoms with E-state index in [1.807, 2.05) is 4.90 Å². The number of rotatable bonds is 12. The van der Waals surface area contributed by atoms with E-state index < -0.39 is 28.5 Å². The highest BCUT2D eigenvalue weighted by Crippen LogP contribution is 2.37. The van der Waals surface area contributed by atoms with Crippen LogP contribution in [0.1, 0.15) is 69.7 Å². The third-order valence-corrected chi connectivity index (χ3v) is 8.46. The first kappa shape index (κ1) is 31.3. The molecule has 2 aromatic heterocycles. The van der Waals surface area contributed by atoms with Gasteiger partial charge in [-0.2, -0.15) is 13.2 Å². The number of unbranched alkanes of at least 4 members (excludes halogenated alkanes) is 3. The summed E-state index contributed by atoms with van der Waals surface area (Å²) in [5, 5.41) is 4.41. The largest absolute Gasteiger partial charge is 0.477 e. The number of sulfonamides is 1. The second kappa shape index (κ2) is 12.7. The van der Waals surface area contributed by atoms with Crippen LogP contribution in [-0.4, -0.2) is 54.0 Å². The molecule has 228 valence electrons. The number of ether oxygens (including phenoxy) is 1. The molecule has 42 heavy (non-hydrogen) atoms. The average molecular weight is 608 g/mol. The Morgan fingerprint density at radius 2 is 1.79 bits per heavy atom. The van der Waals surface area contributed by atoms with Crippen molar-refractivity contribution in [3.05, 3.63) is 60.3 Å². The summed E-state index contributed by atoms with van der Waals surface area (Å²) in [4.78, 5) is 20.1. The maximum Gasteiger partial charge on any atom is 0.389 e. The molecular weight excluding hydrogens is 571 g/mol. The van der Waals surface area contributed by atoms with Gasteiger partial charge in [0.1, 0.15) is 5.82 Å². The van der Waals surface area contributed by atoms with Crippen molar-refractivity contribution in [1.29, 1.82) is 0 Å². The van der Waals surface area contributed by atoms with E-state index in [0.29, 0.717) is 55.8 Å². The first-order valence-corrected chi connectivity index (χ1v) is 15.4. The predicted molar refractivity (Wildman–Crippen MR) is 152 cm³/mol. The van der Waals surface area contributed by atoms with Gasteiger partial charge in [0.25, 0.3) is 15.9 Å². The SMILES string of the molecule is C[C@@H]1CN(c2nc(-n3ccc(OCCCCCCC(F)(F)F)n3)ccc2C(=O)NS(=O)(=O)c2ccccc2)C(C)(C)C1. The first-order chi connectivity index (χ1) is 19.7. The molecule has 0 spiro atoms. The second-order valence-electron chi connectivity index (χ2n) is 11.2. The van der Waals surface area contributed by atoms with Gasteiger partial charge >= 0.3 is 6.18 Å². The molecule has 3 heterocycles. The maximum absolute atomic E-state index is 13.4. The molecule has 0 saturated carbocycles. The van der Waals surface area contributed by atoms with Gasteiger partial charge < -0.3 is 9.64 Å². The molecule has 1 saturated heterocycles. The summed E-state index contributed by atoms with van der Waals surface area (Å²) < 4.78 is 71.9. The Bertz CT molecular complexity index is 1480. The lowest BCUT2D eigenvalue weighted by Crippen LogP contribution is -2.41. The zero-order valence-corrected chi connectivity index (χ0v) is 24.7. The summed E-state index contributed by atoms with van der Waals surface area (Å²) in [6, 6.07) is 12.4. The Hall–Kier alpha value is -3.61. The van der Waals surface area contributed by atoms with Crippen molar-refractivity contribution in [2.75, 3.05) is 18.1 Å². The minimum atomic E-state index is -4.12. The van der Waals surface area contributed by atoms with Crippen molar-refractivity contribution in [3.8, 4) is 11.7 Å². The van der Waals surface area contributed by atoms with Gasteiger partial charge in [-0.1, -0.05) is 38.0 Å². The number of alkyl halides is 3. The number of nitrogens with one attached hydrogen (secondary N) is 1. The Balaban J connectivity index is 1.50. The summed E-state index contributed by atoms with van der Waals surface area (Å²) in [5.41, 5.74) is -0.216. The third-order valence-electron chi connectivity index (χ3n) is 7.12. The Kier molecular flexibility index (Phi) is 9.49. The van der Waals surface area contributed by atoms with Crippen LogP contribution in [0.15, 0.2) is 59.6 Å². The summed E-state index contributed by atoms with van der Waals surface area (Å²) in [7, 11) is -4.10. The van der Waals surface area contributed by atoms with Crippen LogP contribution >= 0.6 is 0 Å². The van der Waals surface area contributed by atoms with Crippen LogP contribution in [0.5, 0.6) is 5.88 Å². The highest BCUT2D eigenvalue weighted by Gasteiger charge is 2.39. The van der Waals surface area contributed by atoms with E-state index >= 15 is 0 Å². The van der Waals surface area contributed by atoms with Crippen molar-refractivity contribution >= 4 is 21.7 Å². The van der Waals surface area contributed by atoms with Crippen LogP contribution in [-0.2, 0) is 10.0 Å². The molecule has 4 rings (SSSR count). The molecule has 1 aliphatic heterocycles. The lowest BCUT2D eigenvalue weighted by molar-refractivity contribution is -0.135. The standard InChI is InChI=1S/C29H36F3N5O4S/c1-21-19-28(2,3)36(20-21)26-23(27(38)35-42(39,40)22-11-7-6-8-12-22)13-14-24(33-26)37-17-15-25(34-37)41-18-10-5-4-9-16-29(30,31)32/h6-8,11-15,17,21H,4-5,9-10,16,18-20H2,1-3H3,(H,35,38)/t21-/m0/s1. The van der Waals surface area contributed by atoms with E-state index in [2.05, 4.69) is 30.6 Å². The van der Waals surface area contributed by atoms with Crippen molar-refractivity contribution in [2.45, 2.75) is 75.9 Å². The van der Waals surface area contributed by atoms with Crippen LogP contribution in [0, 0.1) is 5.92 Å². The lowest BCUT2D eigenvalue weighted by atomic mass is 9.97. The fraction of sp³-hybridized carbons (Fsp3) is 0.483. The minimum absolute atomic E-state index is 0.0232. The van der Waals surface area contributed by atoms with Crippen LogP contribution < -0.4 is 14.4 Å². The fourth-order valence-corrected chi connectivity index (χ4v) is 6.20. The normalized spacial score (nSPS) is 16.9. The zero-order valence-electron chi connectivity index (χ0n) is 23.9. The molecule has 13 heteroatoms. The number of halogens is 3. The van der Waals surface area contributed by atoms with Crippen LogP contribution in [0.2, 0.25) is 0 Å². The van der Waals surface area contributed by atoms with Gasteiger partial charge in [0.2, 0.25) is 5.88 Å². The molecule has 0 aliphatic carbocycles. The van der Waals surface area contributed by atoms with E-state index in [9.17, 15) is 26.4 Å². The van der Waals surface area contributed by atoms with Gasteiger partial charge in [-0.25, -0.2) is 22.8 Å². The number of anilines is 1. The molecular formula is C29H36F3N5O4S. The van der Waals surface area contributed by atoms with Crippen molar-refractivity contribution in [1.82, 2.24) is 19.5 Å². The number of carbonyl (C=O) groups excluding carboxylic acids is 1. The molecule has 1 amide bonds. The quantitative estimate of drug-likeness (QED) is 0.256. The van der Waals surface area contributed by atoms with E-state index in [1.165, 1.54) is 22.9 Å². The number of benzene rings is 1. The molecule has 9 nitrogen and oxygen atoms in total. The number of hydrogen-bond donors (Lipinski definition) is 1. The second-order valence-corrected chi connectivity index (χ2v) is 12.9. The Morgan fingerprint density at radius 1 is 1.07 bits per heavy atom. The van der Waals surface area contributed by atoms with Gasteiger partial charge in [-0.15, -0.1) is 5.10 Å². The van der Waals surface area contributed by atoms with Crippen LogP contribution in [0.3, 0.4) is 0 Å². The van der Waals surface area contributed by atoms with Gasteiger partial charge in [0.15, 0.2) is 5.82 Å². The molecule has 1 aliphatic rings. The number of nitrogens with zero attached hydrogens (tertiary/aromatic N) is 4. The fourth-order valence-electron chi connectivity index (χ4n) is 5.21. The molecule has 0 unspecified atom stereocenters. The van der Waals surface area contributed by atoms with Gasteiger partial charge in [0, 0.05) is 30.8 Å². The molecule has 1 N–H and O–H groups in total. The third kappa shape index (κ3) is 8.02. The predicted octanol–water partition coefficient (Wildman–Crippen LogP) is 5.90. The highest BCUT2D eigenvalue weighted by molar-refractivity contribution is 7.90.